The molecule has 1 aliphatic carbocycles. The summed E-state index contributed by atoms with van der Waals surface area (Å²) < 4.78 is 0. The Labute approximate surface area is 89.7 Å². The van der Waals surface area contributed by atoms with E-state index in [-0.39, 0.29) is 6.54 Å². The molecule has 0 aromatic rings. The minimum absolute atomic E-state index is 0.206. The molecular formula is C10H20N2O3. The summed E-state index contributed by atoms with van der Waals surface area (Å²) in [4.78, 5) is 10.4. The number of rotatable bonds is 5. The molecule has 0 radical (unpaired) electrons. The van der Waals surface area contributed by atoms with Crippen LogP contribution >= 0.6 is 0 Å². The second kappa shape index (κ2) is 5.44. The van der Waals surface area contributed by atoms with Crippen LogP contribution in [0.25, 0.3) is 0 Å². The van der Waals surface area contributed by atoms with E-state index in [2.05, 4.69) is 5.32 Å². The van der Waals surface area contributed by atoms with Crippen molar-refractivity contribution in [1.29, 1.82) is 0 Å². The molecule has 0 aliphatic heterocycles. The van der Waals surface area contributed by atoms with E-state index in [4.69, 9.17) is 10.8 Å². The van der Waals surface area contributed by atoms with Gasteiger partial charge in [-0.1, -0.05) is 19.3 Å². The van der Waals surface area contributed by atoms with E-state index in [0.717, 1.165) is 25.7 Å². The lowest BCUT2D eigenvalue weighted by Crippen LogP contribution is -2.47. The highest BCUT2D eigenvalue weighted by atomic mass is 16.4. The number of carbonyl (C=O) groups is 1. The fourth-order valence-electron chi connectivity index (χ4n) is 1.93. The molecule has 1 aliphatic rings. The summed E-state index contributed by atoms with van der Waals surface area (Å²) >= 11 is 0. The molecular weight excluding hydrogens is 196 g/mol. The zero-order valence-electron chi connectivity index (χ0n) is 8.91. The first-order valence-corrected chi connectivity index (χ1v) is 5.45. The lowest BCUT2D eigenvalue weighted by atomic mass is 9.85. The molecule has 0 bridgehead atoms. The molecule has 88 valence electrons. The number of aliphatic hydroxyl groups is 1. The molecule has 1 rings (SSSR count). The highest BCUT2D eigenvalue weighted by Crippen LogP contribution is 2.27. The van der Waals surface area contributed by atoms with Crippen LogP contribution < -0.4 is 11.1 Å². The zero-order chi connectivity index (χ0) is 11.3. The van der Waals surface area contributed by atoms with Gasteiger partial charge in [-0.3, -0.25) is 4.79 Å². The quantitative estimate of drug-likeness (QED) is 0.505. The van der Waals surface area contributed by atoms with Gasteiger partial charge in [-0.15, -0.1) is 0 Å². The van der Waals surface area contributed by atoms with Gasteiger partial charge in [-0.05, 0) is 12.8 Å². The molecule has 5 heteroatoms. The van der Waals surface area contributed by atoms with Crippen LogP contribution in [0.2, 0.25) is 0 Å². The maximum atomic E-state index is 10.4. The maximum absolute atomic E-state index is 10.4. The topological polar surface area (TPSA) is 95.6 Å². The van der Waals surface area contributed by atoms with Gasteiger partial charge in [-0.25, -0.2) is 0 Å². The van der Waals surface area contributed by atoms with Crippen LogP contribution in [0.5, 0.6) is 0 Å². The first kappa shape index (κ1) is 12.4. The summed E-state index contributed by atoms with van der Waals surface area (Å²) in [5.41, 5.74) is 4.68. The molecule has 0 aromatic heterocycles. The van der Waals surface area contributed by atoms with Gasteiger partial charge >= 0.3 is 5.97 Å². The molecule has 1 unspecified atom stereocenters. The number of hydrogen-bond donors (Lipinski definition) is 4. The monoisotopic (exact) mass is 216 g/mol. The van der Waals surface area contributed by atoms with E-state index < -0.39 is 17.6 Å². The van der Waals surface area contributed by atoms with Crippen molar-refractivity contribution in [2.75, 3.05) is 13.1 Å². The number of carboxylic acids is 1. The van der Waals surface area contributed by atoms with E-state index in [1.807, 2.05) is 0 Å². The van der Waals surface area contributed by atoms with E-state index in [9.17, 15) is 9.90 Å². The van der Waals surface area contributed by atoms with Gasteiger partial charge in [0.05, 0.1) is 5.60 Å². The Morgan fingerprint density at radius 1 is 1.40 bits per heavy atom. The highest BCUT2D eigenvalue weighted by Gasteiger charge is 2.28. The van der Waals surface area contributed by atoms with Crippen LogP contribution in [0.4, 0.5) is 0 Å². The van der Waals surface area contributed by atoms with E-state index >= 15 is 0 Å². The standard InChI is InChI=1S/C10H20N2O3/c11-8(9(13)14)6-12-7-10(15)4-2-1-3-5-10/h8,12,15H,1-7,11H2,(H,13,14). The average molecular weight is 216 g/mol. The predicted molar refractivity (Wildman–Crippen MR) is 56.5 cm³/mol. The summed E-state index contributed by atoms with van der Waals surface area (Å²) in [6, 6.07) is -0.891. The van der Waals surface area contributed by atoms with Crippen LogP contribution in [0.1, 0.15) is 32.1 Å². The molecule has 15 heavy (non-hydrogen) atoms. The molecule has 0 spiro atoms. The lowest BCUT2D eigenvalue weighted by Gasteiger charge is -2.32. The molecule has 1 atom stereocenters. The van der Waals surface area contributed by atoms with Crippen molar-refractivity contribution in [3.8, 4) is 0 Å². The number of nitrogens with one attached hydrogen (secondary N) is 1. The van der Waals surface area contributed by atoms with E-state index in [0.29, 0.717) is 6.54 Å². The van der Waals surface area contributed by atoms with Crippen LogP contribution in [0, 0.1) is 0 Å². The summed E-state index contributed by atoms with van der Waals surface area (Å²) in [5, 5.41) is 21.5. The van der Waals surface area contributed by atoms with Crippen LogP contribution in [-0.4, -0.2) is 40.9 Å². The Morgan fingerprint density at radius 2 is 2.00 bits per heavy atom. The number of aliphatic carboxylic acids is 1. The number of nitrogens with two attached hydrogens (primary N) is 1. The van der Waals surface area contributed by atoms with Crippen molar-refractivity contribution in [3.05, 3.63) is 0 Å². The third-order valence-electron chi connectivity index (χ3n) is 2.92. The third-order valence-corrected chi connectivity index (χ3v) is 2.92. The SMILES string of the molecule is NC(CNCC1(O)CCCCC1)C(=O)O. The second-order valence-electron chi connectivity index (χ2n) is 4.36. The van der Waals surface area contributed by atoms with Gasteiger partial charge in [0.2, 0.25) is 0 Å². The Bertz CT molecular complexity index is 215. The Kier molecular flexibility index (Phi) is 4.50. The average Bonchev–Trinajstić information content (AvgIpc) is 2.18. The fraction of sp³-hybridized carbons (Fsp3) is 0.900. The Hall–Kier alpha value is -0.650. The lowest BCUT2D eigenvalue weighted by molar-refractivity contribution is -0.138. The first-order chi connectivity index (χ1) is 7.03. The number of hydrogen-bond acceptors (Lipinski definition) is 4. The zero-order valence-corrected chi connectivity index (χ0v) is 8.91. The van der Waals surface area contributed by atoms with Crippen molar-refractivity contribution in [2.45, 2.75) is 43.7 Å². The second-order valence-corrected chi connectivity index (χ2v) is 4.36. The predicted octanol–water partition coefficient (Wildman–Crippen LogP) is -0.317. The summed E-state index contributed by atoms with van der Waals surface area (Å²) in [5.74, 6) is -1.02. The Balaban J connectivity index is 2.21. The molecule has 0 saturated heterocycles. The molecule has 0 amide bonds. The minimum Gasteiger partial charge on any atom is -0.480 e. The van der Waals surface area contributed by atoms with Crippen LogP contribution in [0.15, 0.2) is 0 Å². The maximum Gasteiger partial charge on any atom is 0.321 e. The molecule has 0 heterocycles. The first-order valence-electron chi connectivity index (χ1n) is 5.45. The largest absolute Gasteiger partial charge is 0.480 e. The third kappa shape index (κ3) is 4.15. The van der Waals surface area contributed by atoms with Crippen LogP contribution in [-0.2, 0) is 4.79 Å². The molecule has 1 saturated carbocycles. The highest BCUT2D eigenvalue weighted by molar-refractivity contribution is 5.73. The van der Waals surface area contributed by atoms with Crippen molar-refractivity contribution in [2.24, 2.45) is 5.73 Å². The summed E-state index contributed by atoms with van der Waals surface area (Å²) in [6.07, 6.45) is 4.86. The van der Waals surface area contributed by atoms with Crippen molar-refractivity contribution in [3.63, 3.8) is 0 Å². The van der Waals surface area contributed by atoms with Gasteiger partial charge in [0.15, 0.2) is 0 Å². The Morgan fingerprint density at radius 3 is 2.53 bits per heavy atom. The van der Waals surface area contributed by atoms with E-state index in [1.165, 1.54) is 6.42 Å². The van der Waals surface area contributed by atoms with E-state index in [1.54, 1.807) is 0 Å². The number of carboxylic acid groups (broad SMARTS) is 1. The van der Waals surface area contributed by atoms with Crippen LogP contribution in [0.3, 0.4) is 0 Å². The summed E-state index contributed by atoms with van der Waals surface area (Å²) in [7, 11) is 0. The van der Waals surface area contributed by atoms with Crippen molar-refractivity contribution < 1.29 is 15.0 Å². The molecule has 0 aromatic carbocycles. The van der Waals surface area contributed by atoms with Crippen molar-refractivity contribution >= 4 is 5.97 Å². The van der Waals surface area contributed by atoms with Gasteiger partial charge in [0.1, 0.15) is 6.04 Å². The molecule has 1 fully saturated rings. The molecule has 5 nitrogen and oxygen atoms in total. The smallest absolute Gasteiger partial charge is 0.321 e. The minimum atomic E-state index is -1.02. The van der Waals surface area contributed by atoms with Gasteiger partial charge in [0, 0.05) is 13.1 Å². The van der Waals surface area contributed by atoms with Crippen molar-refractivity contribution in [1.82, 2.24) is 5.32 Å². The normalized spacial score (nSPS) is 22.3. The molecule has 5 N–H and O–H groups in total. The van der Waals surface area contributed by atoms with Gasteiger partial charge < -0.3 is 21.3 Å². The van der Waals surface area contributed by atoms with Gasteiger partial charge in [0.25, 0.3) is 0 Å². The van der Waals surface area contributed by atoms with Gasteiger partial charge in [-0.2, -0.15) is 0 Å². The fourth-order valence-corrected chi connectivity index (χ4v) is 1.93. The summed E-state index contributed by atoms with van der Waals surface area (Å²) in [6.45, 7) is 0.644.